The molecule has 0 aliphatic carbocycles. The highest BCUT2D eigenvalue weighted by Crippen LogP contribution is 1.86. The number of hydrogen-bond acceptors (Lipinski definition) is 5. The highest BCUT2D eigenvalue weighted by Gasteiger charge is 2.08. The molecule has 0 aliphatic rings. The van der Waals surface area contributed by atoms with Crippen molar-refractivity contribution in [2.45, 2.75) is 19.4 Å². The summed E-state index contributed by atoms with van der Waals surface area (Å²) in [6, 6.07) is -0.444. The fraction of sp³-hybridized carbons (Fsp3) is 0.800. The lowest BCUT2D eigenvalue weighted by atomic mass is 10.2. The smallest absolute Gasteiger partial charge is 0.394 e. The van der Waals surface area contributed by atoms with E-state index in [0.717, 1.165) is 0 Å². The summed E-state index contributed by atoms with van der Waals surface area (Å²) in [4.78, 5) is 10.4. The first kappa shape index (κ1) is 14.8. The third-order valence-corrected chi connectivity index (χ3v) is 0.944. The number of ether oxygens (including phenoxy) is 1. The quantitative estimate of drug-likeness (QED) is 0.408. The molecule has 8 heteroatoms. The minimum Gasteiger partial charge on any atom is -0.468 e. The molecule has 0 saturated carbocycles. The van der Waals surface area contributed by atoms with Crippen molar-refractivity contribution in [1.29, 1.82) is 0 Å². The van der Waals surface area contributed by atoms with Crippen molar-refractivity contribution < 1.29 is 27.1 Å². The molecule has 13 heavy (non-hydrogen) atoms. The number of carbonyl (C=O) groups is 1. The number of nitrogens with two attached hydrogens (primary N) is 1. The molecule has 1 atom stereocenters. The molecule has 7 nitrogen and oxygen atoms in total. The Balaban J connectivity index is 0. The summed E-state index contributed by atoms with van der Waals surface area (Å²) in [7, 11) is -3.34. The largest absolute Gasteiger partial charge is 0.468 e. The summed E-state index contributed by atoms with van der Waals surface area (Å²) in [5.74, 6) is -0.340. The van der Waals surface area contributed by atoms with Gasteiger partial charge in [-0.05, 0) is 6.42 Å². The maximum absolute atomic E-state index is 10.4. The average molecular weight is 215 g/mol. The van der Waals surface area contributed by atoms with Crippen LogP contribution in [0.1, 0.15) is 13.3 Å². The number of carbonyl (C=O) groups excluding carboxylic acids is 1. The molecule has 0 aliphatic heterocycles. The van der Waals surface area contributed by atoms with E-state index in [1.165, 1.54) is 7.11 Å². The van der Waals surface area contributed by atoms with Gasteiger partial charge in [0.1, 0.15) is 6.04 Å². The third kappa shape index (κ3) is 18.3. The Morgan fingerprint density at radius 3 is 1.92 bits per heavy atom. The van der Waals surface area contributed by atoms with E-state index in [2.05, 4.69) is 4.74 Å². The van der Waals surface area contributed by atoms with Gasteiger partial charge < -0.3 is 10.5 Å². The van der Waals surface area contributed by atoms with Gasteiger partial charge in [-0.3, -0.25) is 13.9 Å². The highest BCUT2D eigenvalue weighted by molar-refractivity contribution is 7.79. The van der Waals surface area contributed by atoms with Gasteiger partial charge in [-0.15, -0.1) is 0 Å². The maximum Gasteiger partial charge on any atom is 0.394 e. The molecule has 0 aromatic heterocycles. The van der Waals surface area contributed by atoms with Crippen LogP contribution >= 0.6 is 0 Å². The van der Waals surface area contributed by atoms with Gasteiger partial charge >= 0.3 is 16.4 Å². The second-order valence-corrected chi connectivity index (χ2v) is 2.88. The lowest BCUT2D eigenvalue weighted by molar-refractivity contribution is -0.142. The number of methoxy groups -OCH3 is 1. The van der Waals surface area contributed by atoms with Crippen molar-refractivity contribution in [3.8, 4) is 0 Å². The van der Waals surface area contributed by atoms with E-state index >= 15 is 0 Å². The van der Waals surface area contributed by atoms with Gasteiger partial charge in [-0.1, -0.05) is 6.92 Å². The van der Waals surface area contributed by atoms with Crippen LogP contribution in [0, 0.1) is 0 Å². The van der Waals surface area contributed by atoms with Crippen molar-refractivity contribution in [3.63, 3.8) is 0 Å². The minimum atomic E-state index is -4.67. The van der Waals surface area contributed by atoms with Gasteiger partial charge in [0.15, 0.2) is 0 Å². The van der Waals surface area contributed by atoms with E-state index in [9.17, 15) is 4.79 Å². The van der Waals surface area contributed by atoms with Gasteiger partial charge in [-0.2, -0.15) is 8.42 Å². The molecule has 0 bridgehead atoms. The van der Waals surface area contributed by atoms with Crippen LogP contribution < -0.4 is 5.73 Å². The summed E-state index contributed by atoms with van der Waals surface area (Å²) >= 11 is 0. The highest BCUT2D eigenvalue weighted by atomic mass is 32.3. The van der Waals surface area contributed by atoms with Crippen LogP contribution in [-0.4, -0.2) is 36.6 Å². The topological polar surface area (TPSA) is 127 Å². The first-order chi connectivity index (χ1) is 5.72. The molecular formula is C5H13NO6S. The van der Waals surface area contributed by atoms with E-state index in [0.29, 0.717) is 6.42 Å². The summed E-state index contributed by atoms with van der Waals surface area (Å²) in [6.45, 7) is 1.83. The van der Waals surface area contributed by atoms with Crippen LogP contribution in [0.3, 0.4) is 0 Å². The summed E-state index contributed by atoms with van der Waals surface area (Å²) in [6.07, 6.45) is 0.632. The van der Waals surface area contributed by atoms with Gasteiger partial charge in [0.25, 0.3) is 0 Å². The molecule has 0 rings (SSSR count). The third-order valence-electron chi connectivity index (χ3n) is 0.944. The standard InChI is InChI=1S/C5H11NO2.H2O4S/c1-3-4(6)5(7)8-2;1-5(2,3)4/h4H,3,6H2,1-2H3;(H2,1,2,3,4)/t4-;/m0./s1. The van der Waals surface area contributed by atoms with Gasteiger partial charge in [0, 0.05) is 0 Å². The molecule has 0 radical (unpaired) electrons. The lowest BCUT2D eigenvalue weighted by Gasteiger charge is -2.03. The van der Waals surface area contributed by atoms with E-state index in [1.54, 1.807) is 0 Å². The molecule has 0 amide bonds. The van der Waals surface area contributed by atoms with Gasteiger partial charge in [0.2, 0.25) is 0 Å². The van der Waals surface area contributed by atoms with Crippen molar-refractivity contribution >= 4 is 16.4 Å². The number of rotatable bonds is 2. The van der Waals surface area contributed by atoms with Gasteiger partial charge in [-0.25, -0.2) is 0 Å². The fourth-order valence-corrected chi connectivity index (χ4v) is 0.318. The van der Waals surface area contributed by atoms with E-state index in [1.807, 2.05) is 6.92 Å². The molecule has 0 aromatic carbocycles. The zero-order valence-corrected chi connectivity index (χ0v) is 8.11. The van der Waals surface area contributed by atoms with Crippen LogP contribution in [0.4, 0.5) is 0 Å². The van der Waals surface area contributed by atoms with E-state index in [-0.39, 0.29) is 5.97 Å². The van der Waals surface area contributed by atoms with Crippen LogP contribution in [0.25, 0.3) is 0 Å². The average Bonchev–Trinajstić information content (AvgIpc) is 1.98. The van der Waals surface area contributed by atoms with E-state index in [4.69, 9.17) is 23.3 Å². The second-order valence-electron chi connectivity index (χ2n) is 1.99. The SMILES string of the molecule is CC[C@H](N)C(=O)OC.O=S(=O)(O)O. The van der Waals surface area contributed by atoms with Crippen molar-refractivity contribution in [2.75, 3.05) is 7.11 Å². The fourth-order valence-electron chi connectivity index (χ4n) is 0.318. The van der Waals surface area contributed by atoms with E-state index < -0.39 is 16.4 Å². The first-order valence-electron chi connectivity index (χ1n) is 3.25. The predicted octanol–water partition coefficient (Wildman–Crippen LogP) is -0.756. The Bertz CT molecular complexity index is 227. The Labute approximate surface area is 76.5 Å². The first-order valence-corrected chi connectivity index (χ1v) is 4.65. The summed E-state index contributed by atoms with van der Waals surface area (Å²) < 4.78 is 35.9. The normalized spacial score (nSPS) is 12.4. The maximum atomic E-state index is 10.4. The van der Waals surface area contributed by atoms with Crippen molar-refractivity contribution in [1.82, 2.24) is 0 Å². The monoisotopic (exact) mass is 215 g/mol. The van der Waals surface area contributed by atoms with Gasteiger partial charge in [0.05, 0.1) is 7.11 Å². The Morgan fingerprint density at radius 2 is 1.85 bits per heavy atom. The molecule has 0 aromatic rings. The molecule has 0 heterocycles. The lowest BCUT2D eigenvalue weighted by Crippen LogP contribution is -2.30. The van der Waals surface area contributed by atoms with Crippen LogP contribution in [0.15, 0.2) is 0 Å². The second kappa shape index (κ2) is 6.78. The zero-order chi connectivity index (χ0) is 11.1. The predicted molar refractivity (Wildman–Crippen MR) is 44.5 cm³/mol. The summed E-state index contributed by atoms with van der Waals surface area (Å²) in [5.41, 5.74) is 5.25. The molecule has 4 N–H and O–H groups in total. The summed E-state index contributed by atoms with van der Waals surface area (Å²) in [5, 5.41) is 0. The Hall–Kier alpha value is -0.700. The van der Waals surface area contributed by atoms with Crippen LogP contribution in [-0.2, 0) is 19.9 Å². The van der Waals surface area contributed by atoms with Crippen molar-refractivity contribution in [3.05, 3.63) is 0 Å². The Morgan fingerprint density at radius 1 is 1.54 bits per heavy atom. The minimum absolute atomic E-state index is 0.340. The van der Waals surface area contributed by atoms with Crippen LogP contribution in [0.2, 0.25) is 0 Å². The van der Waals surface area contributed by atoms with Crippen LogP contribution in [0.5, 0.6) is 0 Å². The molecule has 0 unspecified atom stereocenters. The molecule has 0 spiro atoms. The zero-order valence-electron chi connectivity index (χ0n) is 7.30. The molecule has 0 fully saturated rings. The number of esters is 1. The molecular weight excluding hydrogens is 202 g/mol. The molecule has 80 valence electrons. The Kier molecular flexibility index (Phi) is 7.72. The molecule has 0 saturated heterocycles. The van der Waals surface area contributed by atoms with Crippen molar-refractivity contribution in [2.24, 2.45) is 5.73 Å². The number of hydrogen-bond donors (Lipinski definition) is 3.